The second-order valence-corrected chi connectivity index (χ2v) is 8.79. The van der Waals surface area contributed by atoms with E-state index in [9.17, 15) is 4.79 Å². The van der Waals surface area contributed by atoms with E-state index >= 15 is 0 Å². The molecule has 4 heteroatoms. The van der Waals surface area contributed by atoms with Crippen LogP contribution in [0.1, 0.15) is 14.8 Å². The molecule has 128 valence electrons. The third kappa shape index (κ3) is 3.10. The molecule has 0 amide bonds. The number of anilines is 3. The van der Waals surface area contributed by atoms with Crippen LogP contribution in [-0.4, -0.2) is 20.8 Å². The first-order valence-corrected chi connectivity index (χ1v) is 10.4. The van der Waals surface area contributed by atoms with Crippen LogP contribution >= 0.6 is 11.6 Å². The SMILES string of the molecule is Cc1ccc(N(c2cccc(Cl)c2)c2ccc(C=O)[se]2)c2ccccc12. The van der Waals surface area contributed by atoms with E-state index < -0.39 is 0 Å². The summed E-state index contributed by atoms with van der Waals surface area (Å²) in [6.07, 6.45) is 0.951. The molecule has 1 heterocycles. The molecular formula is C22H16ClNOSe. The molecule has 2 nitrogen and oxygen atoms in total. The summed E-state index contributed by atoms with van der Waals surface area (Å²) in [5.74, 6) is 0. The number of aryl methyl sites for hydroxylation is 1. The van der Waals surface area contributed by atoms with Crippen LogP contribution in [0, 0.1) is 6.92 Å². The summed E-state index contributed by atoms with van der Waals surface area (Å²) < 4.78 is 1.96. The summed E-state index contributed by atoms with van der Waals surface area (Å²) in [5.41, 5.74) is 3.34. The zero-order chi connectivity index (χ0) is 18.1. The number of rotatable bonds is 4. The first-order valence-electron chi connectivity index (χ1n) is 8.26. The number of carbonyl (C=O) groups is 1. The number of benzene rings is 3. The monoisotopic (exact) mass is 425 g/mol. The zero-order valence-electron chi connectivity index (χ0n) is 14.1. The molecule has 0 saturated heterocycles. The molecule has 3 aromatic carbocycles. The van der Waals surface area contributed by atoms with Gasteiger partial charge in [0.1, 0.15) is 0 Å². The van der Waals surface area contributed by atoms with E-state index in [0.29, 0.717) is 5.02 Å². The number of aldehydes is 1. The van der Waals surface area contributed by atoms with Gasteiger partial charge in [-0.2, -0.15) is 0 Å². The molecule has 0 saturated carbocycles. The molecule has 1 aromatic heterocycles. The fraction of sp³-hybridized carbons (Fsp3) is 0.0455. The van der Waals surface area contributed by atoms with Crippen molar-refractivity contribution in [3.63, 3.8) is 0 Å². The van der Waals surface area contributed by atoms with Crippen LogP contribution in [0.3, 0.4) is 0 Å². The van der Waals surface area contributed by atoms with Gasteiger partial charge in [0.05, 0.1) is 0 Å². The Morgan fingerprint density at radius 1 is 0.923 bits per heavy atom. The number of carbonyl (C=O) groups excluding carboxylic acids is 1. The summed E-state index contributed by atoms with van der Waals surface area (Å²) >= 11 is 6.24. The summed E-state index contributed by atoms with van der Waals surface area (Å²) in [7, 11) is 0. The Bertz CT molecular complexity index is 1100. The maximum absolute atomic E-state index is 11.2. The predicted octanol–water partition coefficient (Wildman–Crippen LogP) is 6.14. The summed E-state index contributed by atoms with van der Waals surface area (Å²) in [6.45, 7) is 2.13. The Balaban J connectivity index is 2.00. The Labute approximate surface area is 163 Å². The maximum atomic E-state index is 11.2. The van der Waals surface area contributed by atoms with Crippen LogP contribution in [-0.2, 0) is 0 Å². The van der Waals surface area contributed by atoms with E-state index in [4.69, 9.17) is 11.6 Å². The van der Waals surface area contributed by atoms with Crippen molar-refractivity contribution in [1.82, 2.24) is 0 Å². The molecule has 4 rings (SSSR count). The van der Waals surface area contributed by atoms with Crippen molar-refractivity contribution in [2.24, 2.45) is 0 Å². The predicted molar refractivity (Wildman–Crippen MR) is 111 cm³/mol. The number of hydrogen-bond acceptors (Lipinski definition) is 2. The van der Waals surface area contributed by atoms with Crippen LogP contribution in [0.15, 0.2) is 72.8 Å². The molecule has 4 aromatic rings. The van der Waals surface area contributed by atoms with Crippen molar-refractivity contribution in [2.45, 2.75) is 6.92 Å². The Hall–Kier alpha value is -2.32. The molecule has 0 radical (unpaired) electrons. The van der Waals surface area contributed by atoms with Crippen molar-refractivity contribution in [2.75, 3.05) is 4.90 Å². The number of hydrogen-bond donors (Lipinski definition) is 0. The summed E-state index contributed by atoms with van der Waals surface area (Å²) in [4.78, 5) is 13.5. The summed E-state index contributed by atoms with van der Waals surface area (Å²) in [6, 6.07) is 24.5. The summed E-state index contributed by atoms with van der Waals surface area (Å²) in [5, 5.41) is 3.11. The van der Waals surface area contributed by atoms with Crippen LogP contribution < -0.4 is 4.90 Å². The van der Waals surface area contributed by atoms with E-state index in [1.54, 1.807) is 0 Å². The van der Waals surface area contributed by atoms with E-state index in [1.807, 2.05) is 30.3 Å². The zero-order valence-corrected chi connectivity index (χ0v) is 16.6. The molecule has 0 unspecified atom stereocenters. The number of nitrogens with zero attached hydrogens (tertiary/aromatic N) is 1. The van der Waals surface area contributed by atoms with Gasteiger partial charge in [-0.05, 0) is 0 Å². The van der Waals surface area contributed by atoms with Gasteiger partial charge < -0.3 is 0 Å². The standard InChI is InChI=1S/C22H16ClNOSe/c1-15-9-11-21(20-8-3-2-7-19(15)20)24(17-6-4-5-16(23)13-17)22-12-10-18(14-25)26-22/h2-14H,1H3. The molecule has 0 fully saturated rings. The van der Waals surface area contributed by atoms with Gasteiger partial charge in [-0.3, -0.25) is 0 Å². The first-order chi connectivity index (χ1) is 12.7. The molecule has 0 atom stereocenters. The van der Waals surface area contributed by atoms with Crippen molar-refractivity contribution in [1.29, 1.82) is 0 Å². The van der Waals surface area contributed by atoms with E-state index in [2.05, 4.69) is 54.3 Å². The second-order valence-electron chi connectivity index (χ2n) is 6.06. The third-order valence-corrected chi connectivity index (χ3v) is 6.70. The average molecular weight is 425 g/mol. The van der Waals surface area contributed by atoms with E-state index in [0.717, 1.165) is 26.7 Å². The minimum atomic E-state index is -0.0317. The van der Waals surface area contributed by atoms with Crippen molar-refractivity contribution >= 4 is 59.1 Å². The third-order valence-electron chi connectivity index (χ3n) is 4.38. The minimum absolute atomic E-state index is 0.0317. The molecule has 0 aliphatic rings. The average Bonchev–Trinajstić information content (AvgIpc) is 3.13. The van der Waals surface area contributed by atoms with Gasteiger partial charge in [0.25, 0.3) is 0 Å². The van der Waals surface area contributed by atoms with Gasteiger partial charge in [0.15, 0.2) is 0 Å². The van der Waals surface area contributed by atoms with Crippen molar-refractivity contribution < 1.29 is 4.79 Å². The van der Waals surface area contributed by atoms with Gasteiger partial charge in [0, 0.05) is 0 Å². The molecule has 0 aliphatic heterocycles. The molecule has 0 N–H and O–H groups in total. The molecule has 26 heavy (non-hydrogen) atoms. The molecule has 0 spiro atoms. The first kappa shape index (κ1) is 17.1. The van der Waals surface area contributed by atoms with Gasteiger partial charge in [-0.1, -0.05) is 0 Å². The Morgan fingerprint density at radius 2 is 1.73 bits per heavy atom. The van der Waals surface area contributed by atoms with Crippen LogP contribution in [0.5, 0.6) is 0 Å². The Morgan fingerprint density at radius 3 is 2.46 bits per heavy atom. The Kier molecular flexibility index (Phi) is 4.69. The van der Waals surface area contributed by atoms with E-state index in [-0.39, 0.29) is 14.5 Å². The van der Waals surface area contributed by atoms with Crippen molar-refractivity contribution in [3.8, 4) is 0 Å². The van der Waals surface area contributed by atoms with Gasteiger partial charge >= 0.3 is 164 Å². The fourth-order valence-corrected chi connectivity index (χ4v) is 5.14. The van der Waals surface area contributed by atoms with Gasteiger partial charge in [-0.15, -0.1) is 0 Å². The van der Waals surface area contributed by atoms with Crippen LogP contribution in [0.25, 0.3) is 10.8 Å². The molecule has 0 bridgehead atoms. The fourth-order valence-electron chi connectivity index (χ4n) is 3.15. The second kappa shape index (κ2) is 7.12. The normalized spacial score (nSPS) is 10.8. The van der Waals surface area contributed by atoms with Crippen molar-refractivity contribution in [3.05, 3.63) is 87.8 Å². The van der Waals surface area contributed by atoms with Gasteiger partial charge in [0.2, 0.25) is 0 Å². The molecule has 0 aliphatic carbocycles. The van der Waals surface area contributed by atoms with E-state index in [1.165, 1.54) is 16.3 Å². The van der Waals surface area contributed by atoms with Crippen LogP contribution in [0.2, 0.25) is 5.02 Å². The number of halogens is 1. The topological polar surface area (TPSA) is 20.3 Å². The number of fused-ring (bicyclic) bond motifs is 1. The quantitative estimate of drug-likeness (QED) is 0.289. The van der Waals surface area contributed by atoms with Gasteiger partial charge in [-0.25, -0.2) is 0 Å². The van der Waals surface area contributed by atoms with Crippen LogP contribution in [0.4, 0.5) is 15.9 Å². The molecular weight excluding hydrogens is 409 g/mol.